The largest absolute Gasteiger partial charge is 0.481 e. The number of amides is 1. The summed E-state index contributed by atoms with van der Waals surface area (Å²) in [6, 6.07) is -0.919. The Morgan fingerprint density at radius 3 is 2.06 bits per heavy atom. The number of carbonyl (C=O) groups excluding carboxylic acids is 1. The lowest BCUT2D eigenvalue weighted by Crippen LogP contribution is -2.44. The molecular formula is C10H17NO5. The maximum atomic E-state index is 11.3. The Morgan fingerprint density at radius 2 is 1.69 bits per heavy atom. The molecule has 0 aliphatic carbocycles. The summed E-state index contributed by atoms with van der Waals surface area (Å²) in [5.41, 5.74) is 0. The van der Waals surface area contributed by atoms with Crippen molar-refractivity contribution in [3.05, 3.63) is 0 Å². The van der Waals surface area contributed by atoms with Crippen LogP contribution in [0, 0.1) is 5.92 Å². The van der Waals surface area contributed by atoms with Crippen LogP contribution in [0.4, 0.5) is 0 Å². The first-order valence-electron chi connectivity index (χ1n) is 5.08. The average Bonchev–Trinajstić information content (AvgIpc) is 2.12. The lowest BCUT2D eigenvalue weighted by molar-refractivity contribution is -0.143. The molecule has 0 spiro atoms. The van der Waals surface area contributed by atoms with Gasteiger partial charge in [0.05, 0.1) is 0 Å². The summed E-state index contributed by atoms with van der Waals surface area (Å²) in [5.74, 6) is -2.68. The molecule has 1 amide bonds. The number of carboxylic acid groups (broad SMARTS) is 2. The Morgan fingerprint density at radius 1 is 1.12 bits per heavy atom. The summed E-state index contributed by atoms with van der Waals surface area (Å²) < 4.78 is 0. The van der Waals surface area contributed by atoms with Gasteiger partial charge in [-0.3, -0.25) is 9.59 Å². The molecule has 1 unspecified atom stereocenters. The lowest BCUT2D eigenvalue weighted by Gasteiger charge is -2.17. The molecule has 0 heterocycles. The van der Waals surface area contributed by atoms with E-state index in [-0.39, 0.29) is 25.2 Å². The number of carboxylic acids is 2. The van der Waals surface area contributed by atoms with Crippen LogP contribution in [0.15, 0.2) is 0 Å². The molecule has 0 saturated heterocycles. The summed E-state index contributed by atoms with van der Waals surface area (Å²) in [5, 5.41) is 19.5. The second-order valence-corrected chi connectivity index (χ2v) is 3.87. The third-order valence-electron chi connectivity index (χ3n) is 2.04. The molecule has 16 heavy (non-hydrogen) atoms. The van der Waals surface area contributed by atoms with E-state index in [1.54, 1.807) is 13.8 Å². The van der Waals surface area contributed by atoms with Crippen LogP contribution in [-0.4, -0.2) is 34.1 Å². The minimum Gasteiger partial charge on any atom is -0.481 e. The highest BCUT2D eigenvalue weighted by Crippen LogP contribution is 2.03. The van der Waals surface area contributed by atoms with E-state index in [1.807, 2.05) is 0 Å². The summed E-state index contributed by atoms with van der Waals surface area (Å²) in [6.45, 7) is 3.38. The number of hydrogen-bond donors (Lipinski definition) is 3. The van der Waals surface area contributed by atoms with Gasteiger partial charge in [0.15, 0.2) is 0 Å². The molecule has 1 atom stereocenters. The topological polar surface area (TPSA) is 104 Å². The van der Waals surface area contributed by atoms with Crippen molar-refractivity contribution in [1.29, 1.82) is 0 Å². The third-order valence-corrected chi connectivity index (χ3v) is 2.04. The molecule has 0 radical (unpaired) electrons. The van der Waals surface area contributed by atoms with Gasteiger partial charge in [0.1, 0.15) is 6.04 Å². The molecule has 0 aromatic rings. The van der Waals surface area contributed by atoms with Crippen LogP contribution in [0.25, 0.3) is 0 Å². The standard InChI is InChI=1S/C10H17NO5/c1-6(2)9(10(15)16)11-7(12)4-3-5-8(13)14/h6,9H,3-5H2,1-2H3,(H,11,12)(H,13,14)(H,15,16). The molecule has 0 aromatic carbocycles. The van der Waals surface area contributed by atoms with Gasteiger partial charge in [0.25, 0.3) is 0 Å². The van der Waals surface area contributed by atoms with Gasteiger partial charge in [-0.2, -0.15) is 0 Å². The van der Waals surface area contributed by atoms with Gasteiger partial charge < -0.3 is 15.5 Å². The maximum Gasteiger partial charge on any atom is 0.326 e. The molecule has 0 aliphatic rings. The first-order chi connectivity index (χ1) is 7.34. The van der Waals surface area contributed by atoms with Gasteiger partial charge in [-0.15, -0.1) is 0 Å². The van der Waals surface area contributed by atoms with Crippen LogP contribution < -0.4 is 5.32 Å². The van der Waals surface area contributed by atoms with Crippen LogP contribution >= 0.6 is 0 Å². The number of rotatable bonds is 7. The van der Waals surface area contributed by atoms with Crippen molar-refractivity contribution in [2.45, 2.75) is 39.2 Å². The molecule has 6 heteroatoms. The van der Waals surface area contributed by atoms with Crippen LogP contribution in [0.2, 0.25) is 0 Å². The number of nitrogens with one attached hydrogen (secondary N) is 1. The Bertz CT molecular complexity index is 274. The molecule has 0 bridgehead atoms. The fourth-order valence-corrected chi connectivity index (χ4v) is 1.16. The highest BCUT2D eigenvalue weighted by atomic mass is 16.4. The molecule has 3 N–H and O–H groups in total. The van der Waals surface area contributed by atoms with E-state index >= 15 is 0 Å². The second kappa shape index (κ2) is 6.81. The van der Waals surface area contributed by atoms with E-state index in [4.69, 9.17) is 10.2 Å². The van der Waals surface area contributed by atoms with E-state index in [1.165, 1.54) is 0 Å². The molecule has 0 rings (SSSR count). The smallest absolute Gasteiger partial charge is 0.326 e. The third kappa shape index (κ3) is 6.00. The van der Waals surface area contributed by atoms with Gasteiger partial charge >= 0.3 is 11.9 Å². The summed E-state index contributed by atoms with van der Waals surface area (Å²) in [6.07, 6.45) is 0.154. The van der Waals surface area contributed by atoms with E-state index in [9.17, 15) is 14.4 Å². The molecule has 0 fully saturated rings. The van der Waals surface area contributed by atoms with E-state index in [2.05, 4.69) is 5.32 Å². The Kier molecular flexibility index (Phi) is 6.14. The van der Waals surface area contributed by atoms with Crippen molar-refractivity contribution in [1.82, 2.24) is 5.32 Å². The summed E-state index contributed by atoms with van der Waals surface area (Å²) >= 11 is 0. The fourth-order valence-electron chi connectivity index (χ4n) is 1.16. The number of hydrogen-bond acceptors (Lipinski definition) is 3. The first kappa shape index (κ1) is 14.4. The van der Waals surface area contributed by atoms with Gasteiger partial charge in [0.2, 0.25) is 5.91 Å². The minimum atomic E-state index is -1.08. The fraction of sp³-hybridized carbons (Fsp3) is 0.700. The zero-order valence-corrected chi connectivity index (χ0v) is 9.40. The summed E-state index contributed by atoms with van der Waals surface area (Å²) in [4.78, 5) is 32.2. The minimum absolute atomic E-state index is 0.0306. The number of aliphatic carboxylic acids is 2. The van der Waals surface area contributed by atoms with Crippen LogP contribution in [-0.2, 0) is 14.4 Å². The molecule has 0 aromatic heterocycles. The molecule has 92 valence electrons. The monoisotopic (exact) mass is 231 g/mol. The van der Waals surface area contributed by atoms with E-state index < -0.39 is 23.9 Å². The average molecular weight is 231 g/mol. The summed E-state index contributed by atoms with van der Waals surface area (Å²) in [7, 11) is 0. The van der Waals surface area contributed by atoms with Crippen molar-refractivity contribution >= 4 is 17.8 Å². The van der Waals surface area contributed by atoms with Crippen molar-refractivity contribution in [2.75, 3.05) is 0 Å². The van der Waals surface area contributed by atoms with E-state index in [0.717, 1.165) is 0 Å². The Balaban J connectivity index is 4.01. The van der Waals surface area contributed by atoms with Crippen LogP contribution in [0.3, 0.4) is 0 Å². The van der Waals surface area contributed by atoms with Gasteiger partial charge in [-0.1, -0.05) is 13.8 Å². The van der Waals surface area contributed by atoms with Gasteiger partial charge in [0, 0.05) is 12.8 Å². The molecule has 0 saturated carbocycles. The van der Waals surface area contributed by atoms with E-state index in [0.29, 0.717) is 0 Å². The van der Waals surface area contributed by atoms with Gasteiger partial charge in [-0.25, -0.2) is 4.79 Å². The molecule has 0 aliphatic heterocycles. The predicted molar refractivity (Wildman–Crippen MR) is 55.9 cm³/mol. The zero-order valence-electron chi connectivity index (χ0n) is 9.40. The second-order valence-electron chi connectivity index (χ2n) is 3.87. The SMILES string of the molecule is CC(C)C(NC(=O)CCCC(=O)O)C(=O)O. The maximum absolute atomic E-state index is 11.3. The van der Waals surface area contributed by atoms with Crippen molar-refractivity contribution < 1.29 is 24.6 Å². The Labute approximate surface area is 93.6 Å². The predicted octanol–water partition coefficient (Wildman–Crippen LogP) is 0.467. The van der Waals surface area contributed by atoms with Gasteiger partial charge in [-0.05, 0) is 12.3 Å². The van der Waals surface area contributed by atoms with Crippen molar-refractivity contribution in [2.24, 2.45) is 5.92 Å². The van der Waals surface area contributed by atoms with Crippen LogP contribution in [0.1, 0.15) is 33.1 Å². The molecular weight excluding hydrogens is 214 g/mol. The van der Waals surface area contributed by atoms with Crippen molar-refractivity contribution in [3.8, 4) is 0 Å². The quantitative estimate of drug-likeness (QED) is 0.590. The highest BCUT2D eigenvalue weighted by Gasteiger charge is 2.22. The lowest BCUT2D eigenvalue weighted by atomic mass is 10.0. The number of carbonyl (C=O) groups is 3. The first-order valence-corrected chi connectivity index (χ1v) is 5.08. The zero-order chi connectivity index (χ0) is 12.7. The highest BCUT2D eigenvalue weighted by molar-refractivity contribution is 5.83. The van der Waals surface area contributed by atoms with Crippen molar-refractivity contribution in [3.63, 3.8) is 0 Å². The normalized spacial score (nSPS) is 12.2. The van der Waals surface area contributed by atoms with Crippen LogP contribution in [0.5, 0.6) is 0 Å². The Hall–Kier alpha value is -1.59. The molecule has 6 nitrogen and oxygen atoms in total.